The number of carboxylic acids is 1. The average Bonchev–Trinajstić information content (AvgIpc) is 2.55. The summed E-state index contributed by atoms with van der Waals surface area (Å²) in [4.78, 5) is 21.7. The molecule has 0 rings (SSSR count). The van der Waals surface area contributed by atoms with E-state index in [9.17, 15) is 14.7 Å². The molecule has 148 valence electrons. The molecule has 0 aromatic rings. The summed E-state index contributed by atoms with van der Waals surface area (Å²) < 4.78 is 5.31. The molecule has 2 N–H and O–H groups in total. The van der Waals surface area contributed by atoms with Gasteiger partial charge in [0.2, 0.25) is 0 Å². The van der Waals surface area contributed by atoms with Crippen molar-refractivity contribution in [1.29, 1.82) is 0 Å². The van der Waals surface area contributed by atoms with E-state index < -0.39 is 18.2 Å². The number of aliphatic hydroxyl groups excluding tert-OH is 1. The Morgan fingerprint density at radius 3 is 1.92 bits per heavy atom. The van der Waals surface area contributed by atoms with Gasteiger partial charge in [0.1, 0.15) is 6.10 Å². The van der Waals surface area contributed by atoms with Crippen molar-refractivity contribution < 1.29 is 24.5 Å². The maximum atomic E-state index is 11.3. The van der Waals surface area contributed by atoms with Crippen LogP contribution in [0.25, 0.3) is 0 Å². The SMILES string of the molecule is CCCCCCCC[C@H](OC(C)=O)[C@@H](O)CCCCCCCC(=O)O. The molecule has 25 heavy (non-hydrogen) atoms. The number of carbonyl (C=O) groups excluding carboxylic acids is 1. The Hall–Kier alpha value is -1.10. The third kappa shape index (κ3) is 16.1. The minimum Gasteiger partial charge on any atom is -0.481 e. The molecule has 0 fully saturated rings. The van der Waals surface area contributed by atoms with E-state index in [1.807, 2.05) is 0 Å². The Bertz CT molecular complexity index is 343. The number of ether oxygens (including phenoxy) is 1. The Labute approximate surface area is 153 Å². The zero-order valence-electron chi connectivity index (χ0n) is 16.2. The molecule has 0 aliphatic heterocycles. The van der Waals surface area contributed by atoms with Crippen molar-refractivity contribution >= 4 is 11.9 Å². The second kappa shape index (κ2) is 16.4. The molecule has 0 saturated heterocycles. The van der Waals surface area contributed by atoms with Gasteiger partial charge < -0.3 is 14.9 Å². The minimum absolute atomic E-state index is 0.232. The number of hydrogen-bond donors (Lipinski definition) is 2. The fourth-order valence-corrected chi connectivity index (χ4v) is 3.01. The van der Waals surface area contributed by atoms with E-state index in [1.165, 1.54) is 32.6 Å². The van der Waals surface area contributed by atoms with Crippen molar-refractivity contribution in [1.82, 2.24) is 0 Å². The zero-order chi connectivity index (χ0) is 18.9. The Morgan fingerprint density at radius 1 is 0.840 bits per heavy atom. The van der Waals surface area contributed by atoms with Gasteiger partial charge in [-0.1, -0.05) is 64.7 Å². The van der Waals surface area contributed by atoms with E-state index in [-0.39, 0.29) is 12.4 Å². The lowest BCUT2D eigenvalue weighted by Crippen LogP contribution is -2.30. The highest BCUT2D eigenvalue weighted by molar-refractivity contribution is 5.66. The summed E-state index contributed by atoms with van der Waals surface area (Å²) in [6.07, 6.45) is 12.1. The van der Waals surface area contributed by atoms with Crippen LogP contribution >= 0.6 is 0 Å². The van der Waals surface area contributed by atoms with E-state index in [0.717, 1.165) is 44.9 Å². The largest absolute Gasteiger partial charge is 0.481 e. The Morgan fingerprint density at radius 2 is 1.36 bits per heavy atom. The van der Waals surface area contributed by atoms with Crippen molar-refractivity contribution in [3.8, 4) is 0 Å². The number of unbranched alkanes of at least 4 members (excludes halogenated alkanes) is 9. The molecular formula is C20H38O5. The van der Waals surface area contributed by atoms with E-state index in [1.54, 1.807) is 0 Å². The van der Waals surface area contributed by atoms with E-state index >= 15 is 0 Å². The highest BCUT2D eigenvalue weighted by Crippen LogP contribution is 2.17. The van der Waals surface area contributed by atoms with Crippen LogP contribution in [0.3, 0.4) is 0 Å². The second-order valence-corrected chi connectivity index (χ2v) is 6.97. The molecule has 0 bridgehead atoms. The molecule has 0 amide bonds. The van der Waals surface area contributed by atoms with Crippen molar-refractivity contribution in [3.05, 3.63) is 0 Å². The van der Waals surface area contributed by atoms with Crippen LogP contribution in [0.4, 0.5) is 0 Å². The number of rotatable bonds is 17. The van der Waals surface area contributed by atoms with E-state index in [2.05, 4.69) is 6.92 Å². The molecule has 0 aliphatic rings. The van der Waals surface area contributed by atoms with Crippen LogP contribution in [0, 0.1) is 0 Å². The number of carboxylic acid groups (broad SMARTS) is 1. The lowest BCUT2D eigenvalue weighted by Gasteiger charge is -2.22. The molecule has 0 saturated carbocycles. The summed E-state index contributed by atoms with van der Waals surface area (Å²) in [6, 6.07) is 0. The maximum absolute atomic E-state index is 11.3. The smallest absolute Gasteiger partial charge is 0.303 e. The number of aliphatic hydroxyl groups is 1. The molecule has 0 aromatic carbocycles. The number of aliphatic carboxylic acids is 1. The molecule has 0 spiro atoms. The van der Waals surface area contributed by atoms with Crippen LogP contribution in [-0.4, -0.2) is 34.4 Å². The first-order valence-corrected chi connectivity index (χ1v) is 10.0. The molecule has 0 aliphatic carbocycles. The molecule has 2 atom stereocenters. The number of carbonyl (C=O) groups is 2. The van der Waals surface area contributed by atoms with Gasteiger partial charge in [0.25, 0.3) is 0 Å². The highest BCUT2D eigenvalue weighted by atomic mass is 16.6. The van der Waals surface area contributed by atoms with Crippen LogP contribution in [0.1, 0.15) is 104 Å². The van der Waals surface area contributed by atoms with Gasteiger partial charge in [-0.3, -0.25) is 9.59 Å². The van der Waals surface area contributed by atoms with Gasteiger partial charge in [-0.2, -0.15) is 0 Å². The van der Waals surface area contributed by atoms with Crippen molar-refractivity contribution in [2.24, 2.45) is 0 Å². The Balaban J connectivity index is 3.87. The van der Waals surface area contributed by atoms with Crippen molar-refractivity contribution in [3.63, 3.8) is 0 Å². The summed E-state index contributed by atoms with van der Waals surface area (Å²) in [6.45, 7) is 3.59. The summed E-state index contributed by atoms with van der Waals surface area (Å²) in [5.74, 6) is -1.07. The number of hydrogen-bond acceptors (Lipinski definition) is 4. The summed E-state index contributed by atoms with van der Waals surface area (Å²) in [5.41, 5.74) is 0. The molecule has 5 heteroatoms. The van der Waals surface area contributed by atoms with Crippen LogP contribution in [0.2, 0.25) is 0 Å². The molecule has 0 unspecified atom stereocenters. The predicted molar refractivity (Wildman–Crippen MR) is 99.5 cm³/mol. The third-order valence-corrected chi connectivity index (χ3v) is 4.48. The van der Waals surface area contributed by atoms with Crippen LogP contribution in [0.5, 0.6) is 0 Å². The second-order valence-electron chi connectivity index (χ2n) is 6.97. The third-order valence-electron chi connectivity index (χ3n) is 4.48. The first kappa shape index (κ1) is 23.9. The maximum Gasteiger partial charge on any atom is 0.303 e. The normalized spacial score (nSPS) is 13.4. The lowest BCUT2D eigenvalue weighted by atomic mass is 9.99. The van der Waals surface area contributed by atoms with Gasteiger partial charge in [-0.15, -0.1) is 0 Å². The fourth-order valence-electron chi connectivity index (χ4n) is 3.01. The van der Waals surface area contributed by atoms with Crippen LogP contribution in [-0.2, 0) is 14.3 Å². The fraction of sp³-hybridized carbons (Fsp3) is 0.900. The van der Waals surface area contributed by atoms with Gasteiger partial charge >= 0.3 is 11.9 Å². The zero-order valence-corrected chi connectivity index (χ0v) is 16.2. The first-order chi connectivity index (χ1) is 12.0. The minimum atomic E-state index is -0.741. The molecule has 5 nitrogen and oxygen atoms in total. The van der Waals surface area contributed by atoms with Gasteiger partial charge in [-0.05, 0) is 25.7 Å². The highest BCUT2D eigenvalue weighted by Gasteiger charge is 2.21. The molecule has 0 radical (unpaired) electrons. The molecule has 0 heterocycles. The van der Waals surface area contributed by atoms with Crippen LogP contribution in [0.15, 0.2) is 0 Å². The summed E-state index contributed by atoms with van der Waals surface area (Å²) in [7, 11) is 0. The van der Waals surface area contributed by atoms with Gasteiger partial charge in [0.05, 0.1) is 6.10 Å². The Kier molecular flexibility index (Phi) is 15.7. The van der Waals surface area contributed by atoms with Gasteiger partial charge in [0.15, 0.2) is 0 Å². The monoisotopic (exact) mass is 358 g/mol. The number of esters is 1. The standard InChI is InChI=1S/C20H38O5/c1-3-4-5-6-9-12-15-19(25-17(2)21)18(22)14-11-8-7-10-13-16-20(23)24/h18-19,22H,3-16H2,1-2H3,(H,23,24)/t18-,19-/m0/s1. The van der Waals surface area contributed by atoms with Crippen molar-refractivity contribution in [2.45, 2.75) is 116 Å². The predicted octanol–water partition coefficient (Wildman–Crippen LogP) is 4.84. The quantitative estimate of drug-likeness (QED) is 0.287. The van der Waals surface area contributed by atoms with Gasteiger partial charge in [-0.25, -0.2) is 0 Å². The average molecular weight is 359 g/mol. The topological polar surface area (TPSA) is 83.8 Å². The van der Waals surface area contributed by atoms with Crippen molar-refractivity contribution in [2.75, 3.05) is 0 Å². The first-order valence-electron chi connectivity index (χ1n) is 10.0. The van der Waals surface area contributed by atoms with Gasteiger partial charge in [0, 0.05) is 13.3 Å². The van der Waals surface area contributed by atoms with E-state index in [4.69, 9.17) is 9.84 Å². The summed E-state index contributed by atoms with van der Waals surface area (Å²) >= 11 is 0. The lowest BCUT2D eigenvalue weighted by molar-refractivity contribution is -0.153. The molecule has 0 aromatic heterocycles. The summed E-state index contributed by atoms with van der Waals surface area (Å²) in [5, 5.41) is 18.9. The van der Waals surface area contributed by atoms with Crippen LogP contribution < -0.4 is 0 Å². The van der Waals surface area contributed by atoms with E-state index in [0.29, 0.717) is 12.8 Å². The molecular weight excluding hydrogens is 320 g/mol.